The number of Topliss-reactive ketones (excluding diaryl/α,β-unsaturated/α-hetero) is 2. The van der Waals surface area contributed by atoms with E-state index < -0.39 is 68.4 Å². The largest absolute Gasteiger partial charge is 0.503 e. The van der Waals surface area contributed by atoms with Crippen LogP contribution < -0.4 is 15.6 Å². The molecular formula is C57H67ClF4N4O10. The van der Waals surface area contributed by atoms with Crippen molar-refractivity contribution in [2.75, 3.05) is 40.5 Å². The number of aromatic nitrogens is 2. The van der Waals surface area contributed by atoms with Crippen LogP contribution >= 0.6 is 12.4 Å². The van der Waals surface area contributed by atoms with Gasteiger partial charge in [-0.2, -0.15) is 0 Å². The van der Waals surface area contributed by atoms with E-state index in [2.05, 4.69) is 0 Å². The smallest absolute Gasteiger partial charge is 0.274 e. The summed E-state index contributed by atoms with van der Waals surface area (Å²) in [4.78, 5) is 83.2. The van der Waals surface area contributed by atoms with Gasteiger partial charge in [0.1, 0.15) is 29.9 Å². The van der Waals surface area contributed by atoms with Gasteiger partial charge in [0.05, 0.1) is 35.4 Å². The number of aryl methyl sites for hydroxylation is 2. The second kappa shape index (κ2) is 24.1. The van der Waals surface area contributed by atoms with E-state index in [9.17, 15) is 51.4 Å². The summed E-state index contributed by atoms with van der Waals surface area (Å²) in [6.45, 7) is 9.27. The molecule has 2 spiro atoms. The lowest BCUT2D eigenvalue weighted by Gasteiger charge is -2.40. The van der Waals surface area contributed by atoms with E-state index in [1.54, 1.807) is 33.2 Å². The molecule has 14 nitrogen and oxygen atoms in total. The Kier molecular flexibility index (Phi) is 19.1. The fraction of sp³-hybridized carbons (Fsp3) is 0.439. The fourth-order valence-electron chi connectivity index (χ4n) is 10.3. The zero-order chi connectivity index (χ0) is 52.7. The molecule has 2 aromatic heterocycles. The summed E-state index contributed by atoms with van der Waals surface area (Å²) in [5, 5.41) is 10.7. The topological polar surface area (TPSA) is 167 Å². The number of fused-ring (bicyclic) bond motifs is 4. The number of ketones is 2. The number of amides is 2. The van der Waals surface area contributed by atoms with Gasteiger partial charge < -0.3 is 38.3 Å². The lowest BCUT2D eigenvalue weighted by atomic mass is 9.99. The molecule has 2 fully saturated rings. The van der Waals surface area contributed by atoms with Gasteiger partial charge in [-0.25, -0.2) is 17.6 Å². The molecule has 3 aromatic carbocycles. The minimum Gasteiger partial charge on any atom is -0.503 e. The maximum absolute atomic E-state index is 14.2. The number of nitrogens with zero attached hydrogens (tertiary/aromatic N) is 4. The number of halogens is 5. The third-order valence-corrected chi connectivity index (χ3v) is 14.6. The Morgan fingerprint density at radius 2 is 1.09 bits per heavy atom. The maximum atomic E-state index is 14.2. The molecular weight excluding hydrogens is 1010 g/mol. The molecule has 410 valence electrons. The average molecular weight is 1080 g/mol. The van der Waals surface area contributed by atoms with Crippen molar-refractivity contribution in [3.63, 3.8) is 0 Å². The summed E-state index contributed by atoms with van der Waals surface area (Å²) in [7, 11) is 3.19. The molecule has 2 saturated carbocycles. The first-order valence-electron chi connectivity index (χ1n) is 24.3. The number of benzene rings is 3. The number of hydrogen-bond acceptors (Lipinski definition) is 10. The molecule has 0 radical (unpaired) electrons. The average Bonchev–Trinajstić information content (AvgIpc) is 4.26. The number of ether oxygens (including phenoxy) is 3. The molecule has 0 unspecified atom stereocenters. The van der Waals surface area contributed by atoms with Crippen molar-refractivity contribution in [2.24, 2.45) is 11.8 Å². The second-order valence-corrected chi connectivity index (χ2v) is 19.9. The Labute approximate surface area is 446 Å². The molecule has 4 heterocycles. The van der Waals surface area contributed by atoms with Crippen LogP contribution in [0.4, 0.5) is 17.6 Å². The number of pyridine rings is 2. The van der Waals surface area contributed by atoms with Gasteiger partial charge in [0.25, 0.3) is 11.8 Å². The van der Waals surface area contributed by atoms with E-state index in [1.807, 2.05) is 58.0 Å². The Morgan fingerprint density at radius 1 is 0.658 bits per heavy atom. The molecule has 2 aliphatic carbocycles. The number of carbonyl (C=O) groups is 4. The Bertz CT molecular complexity index is 3110. The Balaban J connectivity index is 0.000000275. The van der Waals surface area contributed by atoms with Crippen LogP contribution in [0.1, 0.15) is 127 Å². The molecule has 1 N–H and O–H groups in total. The van der Waals surface area contributed by atoms with Crippen LogP contribution in [0, 0.1) is 35.1 Å². The molecule has 2 amide bonds. The zero-order valence-corrected chi connectivity index (χ0v) is 42.7. The number of carbonyl (C=O) groups excluding carboxylic acids is 4. The van der Waals surface area contributed by atoms with Crippen LogP contribution in [-0.2, 0) is 40.0 Å². The predicted molar refractivity (Wildman–Crippen MR) is 281 cm³/mol. The van der Waals surface area contributed by atoms with E-state index >= 15 is 0 Å². The normalized spacial score (nSPS) is 19.7. The third kappa shape index (κ3) is 11.5. The third-order valence-electron chi connectivity index (χ3n) is 14.6. The molecule has 5 aromatic rings. The zero-order valence-electron chi connectivity index (χ0n) is 41.9. The SMILES string of the molecule is C.C.COC[C@@H]1C[C@]12CN(C(C)C)C(=O)c1c(O)c(=O)c(C(=O)CCc3ccc(F)cc3F)cn12.COC[C@@H]1C[C@]12CN(C(C)C)C(=O)c1c(OCc3ccccc3)c(=O)c(C(=O)CCc3ccc(F)cc3F)cn12.Cl. The van der Waals surface area contributed by atoms with E-state index in [-0.39, 0.29) is 129 Å². The lowest BCUT2D eigenvalue weighted by Crippen LogP contribution is -2.52. The number of methoxy groups -OCH3 is 2. The monoisotopic (exact) mass is 1080 g/mol. The summed E-state index contributed by atoms with van der Waals surface area (Å²) >= 11 is 0. The van der Waals surface area contributed by atoms with Crippen LogP contribution in [-0.4, -0.2) is 100 Å². The molecule has 19 heteroatoms. The first-order chi connectivity index (χ1) is 34.8. The van der Waals surface area contributed by atoms with Gasteiger partial charge in [0.15, 0.2) is 34.5 Å². The van der Waals surface area contributed by atoms with E-state index in [4.69, 9.17) is 14.2 Å². The lowest BCUT2D eigenvalue weighted by molar-refractivity contribution is 0.0535. The highest BCUT2D eigenvalue weighted by Gasteiger charge is 2.62. The van der Waals surface area contributed by atoms with Gasteiger partial charge in [-0.3, -0.25) is 28.8 Å². The highest BCUT2D eigenvalue weighted by molar-refractivity contribution is 6.01. The molecule has 0 bridgehead atoms. The van der Waals surface area contributed by atoms with Crippen molar-refractivity contribution in [1.29, 1.82) is 0 Å². The minimum atomic E-state index is -0.927. The Morgan fingerprint density at radius 3 is 1.53 bits per heavy atom. The minimum absolute atomic E-state index is 0. The molecule has 4 atom stereocenters. The van der Waals surface area contributed by atoms with Gasteiger partial charge in [-0.05, 0) is 82.2 Å². The van der Waals surface area contributed by atoms with E-state index in [1.165, 1.54) is 24.5 Å². The van der Waals surface area contributed by atoms with E-state index in [0.29, 0.717) is 39.1 Å². The van der Waals surface area contributed by atoms with Crippen LogP contribution in [0.2, 0.25) is 0 Å². The summed E-state index contributed by atoms with van der Waals surface area (Å²) in [5.41, 5.74) is -1.98. The van der Waals surface area contributed by atoms with Crippen molar-refractivity contribution in [3.8, 4) is 11.5 Å². The number of rotatable bonds is 17. The van der Waals surface area contributed by atoms with Gasteiger partial charge in [-0.1, -0.05) is 57.3 Å². The van der Waals surface area contributed by atoms with E-state index in [0.717, 1.165) is 29.8 Å². The molecule has 2 aliphatic heterocycles. The molecule has 0 saturated heterocycles. The van der Waals surface area contributed by atoms with Crippen molar-refractivity contribution in [3.05, 3.63) is 162 Å². The van der Waals surface area contributed by atoms with Crippen LogP contribution in [0.3, 0.4) is 0 Å². The van der Waals surface area contributed by atoms with Gasteiger partial charge in [0, 0.05) is 88.6 Å². The van der Waals surface area contributed by atoms with Gasteiger partial charge >= 0.3 is 0 Å². The predicted octanol–water partition coefficient (Wildman–Crippen LogP) is 9.31. The molecule has 4 aliphatic rings. The molecule has 76 heavy (non-hydrogen) atoms. The Hall–Kier alpha value is -6.63. The van der Waals surface area contributed by atoms with Crippen molar-refractivity contribution in [1.82, 2.24) is 18.9 Å². The standard InChI is InChI=1S/C31H32F2N2O5.C24H26F2N2O5.2CH4.ClH/c1-19(2)34-18-31(14-22(31)17-39-3)35-15-24(26(36)12-10-21-9-11-23(32)13-25(21)33)28(37)29(27(35)30(34)38)40-16-20-7-5-4-6-8-20;1-13(2)27-12-24(9-15(24)11-33-3)28-10-17(21(30)22(31)20(28)23(27)32)19(29)7-5-14-4-6-16(25)8-18(14)26;;;/h4-9,11,13,15,19,22H,10,12,14,16-18H2,1-3H3;4,6,8,10,13,15,31H,5,7,9,11-12H2,1-3H3;2*1H4;1H/t22-,31-;15-,24-;;;/m00.../s1. The summed E-state index contributed by atoms with van der Waals surface area (Å²) in [6.07, 6.45) is 3.77. The van der Waals surface area contributed by atoms with Gasteiger partial charge in [0.2, 0.25) is 10.9 Å². The van der Waals surface area contributed by atoms with Crippen molar-refractivity contribution >= 4 is 35.8 Å². The first-order valence-corrected chi connectivity index (χ1v) is 24.3. The van der Waals surface area contributed by atoms with Crippen LogP contribution in [0.25, 0.3) is 0 Å². The second-order valence-electron chi connectivity index (χ2n) is 19.9. The van der Waals surface area contributed by atoms with Crippen LogP contribution in [0.15, 0.2) is 88.7 Å². The van der Waals surface area contributed by atoms with Crippen LogP contribution in [0.5, 0.6) is 11.5 Å². The summed E-state index contributed by atoms with van der Waals surface area (Å²) < 4.78 is 74.7. The quantitative estimate of drug-likeness (QED) is 0.0701. The maximum Gasteiger partial charge on any atom is 0.274 e. The highest BCUT2D eigenvalue weighted by Crippen LogP contribution is 2.55. The molecule has 9 rings (SSSR count). The summed E-state index contributed by atoms with van der Waals surface area (Å²) in [5.74, 6) is -5.66. The van der Waals surface area contributed by atoms with Crippen molar-refractivity contribution in [2.45, 2.75) is 111 Å². The fourth-order valence-corrected chi connectivity index (χ4v) is 10.3. The first kappa shape index (κ1) is 60.2. The number of hydrogen-bond donors (Lipinski definition) is 1. The van der Waals surface area contributed by atoms with Crippen molar-refractivity contribution < 1.29 is 56.1 Å². The number of aromatic hydroxyl groups is 1. The highest BCUT2D eigenvalue weighted by atomic mass is 35.5. The van der Waals surface area contributed by atoms with Gasteiger partial charge in [-0.15, -0.1) is 12.4 Å². The summed E-state index contributed by atoms with van der Waals surface area (Å²) in [6, 6.07) is 15.2.